The Balaban J connectivity index is 3.44. The van der Waals surface area contributed by atoms with Crippen LogP contribution in [0, 0.1) is 5.92 Å². The van der Waals surface area contributed by atoms with Gasteiger partial charge in [0.15, 0.2) is 0 Å². The third-order valence-electron chi connectivity index (χ3n) is 1.47. The van der Waals surface area contributed by atoms with Crippen molar-refractivity contribution in [3.63, 3.8) is 0 Å². The number of hydrogen-bond acceptors (Lipinski definition) is 3. The van der Waals surface area contributed by atoms with E-state index in [9.17, 15) is 4.79 Å². The maximum absolute atomic E-state index is 11.0. The monoisotopic (exact) mass is 174 g/mol. The fourth-order valence-electron chi connectivity index (χ4n) is 0.717. The maximum Gasteiger partial charge on any atom is 0.221 e. The molecule has 0 aliphatic heterocycles. The molecule has 0 saturated heterocycles. The highest BCUT2D eigenvalue weighted by Crippen LogP contribution is 1.90. The van der Waals surface area contributed by atoms with E-state index in [0.29, 0.717) is 13.0 Å². The Bertz CT molecular complexity index is 137. The zero-order chi connectivity index (χ0) is 9.56. The molecule has 0 fully saturated rings. The van der Waals surface area contributed by atoms with E-state index in [1.165, 1.54) is 0 Å². The molecule has 72 valence electrons. The summed E-state index contributed by atoms with van der Waals surface area (Å²) in [7, 11) is 0. The van der Waals surface area contributed by atoms with E-state index in [-0.39, 0.29) is 24.5 Å². The molecule has 12 heavy (non-hydrogen) atoms. The summed E-state index contributed by atoms with van der Waals surface area (Å²) in [6.45, 7) is 4.27. The van der Waals surface area contributed by atoms with E-state index in [1.807, 2.05) is 6.92 Å². The van der Waals surface area contributed by atoms with E-state index in [1.54, 1.807) is 6.92 Å². The first-order valence-electron chi connectivity index (χ1n) is 4.19. The summed E-state index contributed by atoms with van der Waals surface area (Å²) in [6.07, 6.45) is 0.345. The Morgan fingerprint density at radius 2 is 2.17 bits per heavy atom. The van der Waals surface area contributed by atoms with Crippen molar-refractivity contribution in [1.82, 2.24) is 5.32 Å². The zero-order valence-electron chi connectivity index (χ0n) is 7.71. The van der Waals surface area contributed by atoms with Crippen molar-refractivity contribution in [3.8, 4) is 0 Å². The SMILES string of the molecule is CC(N)CC(=O)NCC(C)CO. The molecule has 0 aromatic heterocycles. The van der Waals surface area contributed by atoms with Gasteiger partial charge in [0.25, 0.3) is 0 Å². The summed E-state index contributed by atoms with van der Waals surface area (Å²) >= 11 is 0. The Morgan fingerprint density at radius 1 is 1.58 bits per heavy atom. The number of nitrogens with two attached hydrogens (primary N) is 1. The van der Waals surface area contributed by atoms with Crippen molar-refractivity contribution < 1.29 is 9.90 Å². The average Bonchev–Trinajstić information content (AvgIpc) is 1.99. The molecule has 0 saturated carbocycles. The third kappa shape index (κ3) is 6.12. The number of aliphatic hydroxyl groups is 1. The summed E-state index contributed by atoms with van der Waals surface area (Å²) in [6, 6.07) is -0.102. The molecule has 4 heteroatoms. The highest BCUT2D eigenvalue weighted by molar-refractivity contribution is 5.76. The van der Waals surface area contributed by atoms with Crippen LogP contribution in [0.1, 0.15) is 20.3 Å². The van der Waals surface area contributed by atoms with Gasteiger partial charge in [0.05, 0.1) is 0 Å². The Kier molecular flexibility index (Phi) is 5.66. The second-order valence-electron chi connectivity index (χ2n) is 3.27. The van der Waals surface area contributed by atoms with E-state index in [0.717, 1.165) is 0 Å². The first-order chi connectivity index (χ1) is 5.56. The molecule has 2 atom stereocenters. The minimum absolute atomic E-state index is 0.0506. The molecule has 0 aromatic rings. The first-order valence-corrected chi connectivity index (χ1v) is 4.19. The van der Waals surface area contributed by atoms with Crippen molar-refractivity contribution in [1.29, 1.82) is 0 Å². The quantitative estimate of drug-likeness (QED) is 0.524. The molecule has 4 N–H and O–H groups in total. The Labute approximate surface area is 73.1 Å². The molecule has 1 amide bonds. The van der Waals surface area contributed by atoms with Crippen LogP contribution in [0.5, 0.6) is 0 Å². The van der Waals surface area contributed by atoms with Crippen molar-refractivity contribution in [3.05, 3.63) is 0 Å². The summed E-state index contributed by atoms with van der Waals surface area (Å²) in [4.78, 5) is 11.0. The summed E-state index contributed by atoms with van der Waals surface area (Å²) in [5, 5.41) is 11.3. The average molecular weight is 174 g/mol. The molecule has 0 aliphatic rings. The smallest absolute Gasteiger partial charge is 0.221 e. The molecule has 2 unspecified atom stereocenters. The van der Waals surface area contributed by atoms with Gasteiger partial charge in [0.1, 0.15) is 0 Å². The fourth-order valence-corrected chi connectivity index (χ4v) is 0.717. The van der Waals surface area contributed by atoms with Crippen LogP contribution in [-0.2, 0) is 4.79 Å². The van der Waals surface area contributed by atoms with Crippen LogP contribution >= 0.6 is 0 Å². The highest BCUT2D eigenvalue weighted by Gasteiger charge is 2.06. The van der Waals surface area contributed by atoms with Gasteiger partial charge in [-0.15, -0.1) is 0 Å². The standard InChI is InChI=1S/C8H18N2O2/c1-6(5-11)4-10-8(12)3-7(2)9/h6-7,11H,3-5,9H2,1-2H3,(H,10,12). The van der Waals surface area contributed by atoms with E-state index in [4.69, 9.17) is 10.8 Å². The van der Waals surface area contributed by atoms with Crippen LogP contribution in [0.2, 0.25) is 0 Å². The van der Waals surface area contributed by atoms with Gasteiger partial charge in [-0.1, -0.05) is 6.92 Å². The van der Waals surface area contributed by atoms with Gasteiger partial charge in [0.2, 0.25) is 5.91 Å². The van der Waals surface area contributed by atoms with Crippen molar-refractivity contribution in [2.24, 2.45) is 11.7 Å². The summed E-state index contributed by atoms with van der Waals surface area (Å²) < 4.78 is 0. The van der Waals surface area contributed by atoms with Gasteiger partial charge in [0, 0.05) is 25.6 Å². The number of carbonyl (C=O) groups excluding carboxylic acids is 1. The van der Waals surface area contributed by atoms with Crippen LogP contribution in [0.25, 0.3) is 0 Å². The number of amides is 1. The van der Waals surface area contributed by atoms with Gasteiger partial charge in [-0.3, -0.25) is 4.79 Å². The summed E-state index contributed by atoms with van der Waals surface area (Å²) in [5.41, 5.74) is 5.42. The molecule has 0 aromatic carbocycles. The lowest BCUT2D eigenvalue weighted by Crippen LogP contribution is -2.33. The van der Waals surface area contributed by atoms with Crippen LogP contribution in [0.4, 0.5) is 0 Å². The van der Waals surface area contributed by atoms with Crippen molar-refractivity contribution in [2.75, 3.05) is 13.2 Å². The van der Waals surface area contributed by atoms with E-state index < -0.39 is 0 Å². The number of hydrogen-bond donors (Lipinski definition) is 3. The fraction of sp³-hybridized carbons (Fsp3) is 0.875. The normalized spacial score (nSPS) is 15.3. The highest BCUT2D eigenvalue weighted by atomic mass is 16.3. The predicted octanol–water partition coefficient (Wildman–Crippen LogP) is -0.532. The van der Waals surface area contributed by atoms with Crippen molar-refractivity contribution >= 4 is 5.91 Å². The second kappa shape index (κ2) is 5.97. The Hall–Kier alpha value is -0.610. The van der Waals surface area contributed by atoms with Gasteiger partial charge >= 0.3 is 0 Å². The van der Waals surface area contributed by atoms with Gasteiger partial charge in [-0.2, -0.15) is 0 Å². The molecule has 0 spiro atoms. The predicted molar refractivity (Wildman–Crippen MR) is 47.5 cm³/mol. The lowest BCUT2D eigenvalue weighted by molar-refractivity contribution is -0.121. The second-order valence-corrected chi connectivity index (χ2v) is 3.27. The van der Waals surface area contributed by atoms with E-state index >= 15 is 0 Å². The van der Waals surface area contributed by atoms with Crippen molar-refractivity contribution in [2.45, 2.75) is 26.3 Å². The van der Waals surface area contributed by atoms with Crippen LogP contribution in [0.15, 0.2) is 0 Å². The molecule has 4 nitrogen and oxygen atoms in total. The van der Waals surface area contributed by atoms with Gasteiger partial charge < -0.3 is 16.2 Å². The molecule has 0 bridgehead atoms. The molecule has 0 heterocycles. The maximum atomic E-state index is 11.0. The Morgan fingerprint density at radius 3 is 2.58 bits per heavy atom. The molecular formula is C8H18N2O2. The number of rotatable bonds is 5. The third-order valence-corrected chi connectivity index (χ3v) is 1.47. The number of nitrogens with one attached hydrogen (secondary N) is 1. The van der Waals surface area contributed by atoms with Crippen LogP contribution in [-0.4, -0.2) is 30.2 Å². The lowest BCUT2D eigenvalue weighted by atomic mass is 10.2. The summed E-state index contributed by atoms with van der Waals surface area (Å²) in [5.74, 6) is 0.0623. The number of aliphatic hydroxyl groups excluding tert-OH is 1. The minimum atomic E-state index is -0.102. The molecule has 0 radical (unpaired) electrons. The molecular weight excluding hydrogens is 156 g/mol. The van der Waals surface area contributed by atoms with Gasteiger partial charge in [-0.05, 0) is 12.8 Å². The van der Waals surface area contributed by atoms with Crippen LogP contribution < -0.4 is 11.1 Å². The molecule has 0 rings (SSSR count). The lowest BCUT2D eigenvalue weighted by Gasteiger charge is -2.10. The molecule has 0 aliphatic carbocycles. The topological polar surface area (TPSA) is 75.4 Å². The van der Waals surface area contributed by atoms with E-state index in [2.05, 4.69) is 5.32 Å². The zero-order valence-corrected chi connectivity index (χ0v) is 7.71. The largest absolute Gasteiger partial charge is 0.396 e. The van der Waals surface area contributed by atoms with Gasteiger partial charge in [-0.25, -0.2) is 0 Å². The minimum Gasteiger partial charge on any atom is -0.396 e. The van der Waals surface area contributed by atoms with Crippen LogP contribution in [0.3, 0.4) is 0 Å². The first kappa shape index (κ1) is 11.4. The number of carbonyl (C=O) groups is 1.